The highest BCUT2D eigenvalue weighted by Crippen LogP contribution is 2.28. The van der Waals surface area contributed by atoms with E-state index in [0.717, 1.165) is 38.5 Å². The van der Waals surface area contributed by atoms with Gasteiger partial charge in [0, 0.05) is 17.6 Å². The lowest BCUT2D eigenvalue weighted by molar-refractivity contribution is -0.113. The molecule has 0 radical (unpaired) electrons. The number of carbonyl (C=O) groups is 1. The van der Waals surface area contributed by atoms with Crippen molar-refractivity contribution in [3.63, 3.8) is 0 Å². The normalized spacial score (nSPS) is 11.1. The van der Waals surface area contributed by atoms with E-state index in [1.165, 1.54) is 27.7 Å². The molecule has 1 aromatic carbocycles. The summed E-state index contributed by atoms with van der Waals surface area (Å²) in [6.45, 7) is 8.00. The van der Waals surface area contributed by atoms with Gasteiger partial charge in [-0.1, -0.05) is 36.9 Å². The van der Waals surface area contributed by atoms with Crippen molar-refractivity contribution in [1.82, 2.24) is 9.55 Å². The van der Waals surface area contributed by atoms with Crippen molar-refractivity contribution >= 4 is 44.9 Å². The van der Waals surface area contributed by atoms with Crippen LogP contribution in [-0.4, -0.2) is 21.2 Å². The number of hydrogen-bond donors (Lipinski definition) is 1. The molecule has 3 aromatic rings. The van der Waals surface area contributed by atoms with Gasteiger partial charge in [0.25, 0.3) is 5.56 Å². The van der Waals surface area contributed by atoms with Crippen LogP contribution in [0.2, 0.25) is 0 Å². The van der Waals surface area contributed by atoms with Crippen molar-refractivity contribution in [3.8, 4) is 0 Å². The summed E-state index contributed by atoms with van der Waals surface area (Å²) < 4.78 is 1.53. The average molecular weight is 402 g/mol. The Morgan fingerprint density at radius 2 is 2.04 bits per heavy atom. The Bertz CT molecular complexity index is 1080. The molecule has 2 aromatic heterocycles. The minimum Gasteiger partial charge on any atom is -0.325 e. The number of nitrogens with one attached hydrogen (secondary N) is 1. The van der Waals surface area contributed by atoms with Gasteiger partial charge >= 0.3 is 0 Å². The summed E-state index contributed by atoms with van der Waals surface area (Å²) in [6.07, 6.45) is 0.855. The number of anilines is 1. The molecule has 0 saturated carbocycles. The molecule has 2 heterocycles. The van der Waals surface area contributed by atoms with E-state index in [1.807, 2.05) is 39.0 Å². The molecule has 0 unspecified atom stereocenters. The van der Waals surface area contributed by atoms with Gasteiger partial charge in [0.2, 0.25) is 5.91 Å². The summed E-state index contributed by atoms with van der Waals surface area (Å²) in [4.78, 5) is 31.6. The molecule has 0 bridgehead atoms. The molecule has 0 saturated heterocycles. The first-order chi connectivity index (χ1) is 12.8. The summed E-state index contributed by atoms with van der Waals surface area (Å²) in [5.41, 5.74) is 3.97. The van der Waals surface area contributed by atoms with Gasteiger partial charge in [-0.25, -0.2) is 4.98 Å². The number of para-hydroxylation sites is 1. The maximum Gasteiger partial charge on any atom is 0.262 e. The number of thioether (sulfide) groups is 1. The van der Waals surface area contributed by atoms with Crippen LogP contribution in [0.5, 0.6) is 0 Å². The predicted octanol–water partition coefficient (Wildman–Crippen LogP) is 4.21. The van der Waals surface area contributed by atoms with Crippen LogP contribution in [0.3, 0.4) is 0 Å². The first kappa shape index (κ1) is 19.6. The molecule has 1 amide bonds. The lowest BCUT2D eigenvalue weighted by Crippen LogP contribution is -2.21. The number of fused-ring (bicyclic) bond motifs is 1. The van der Waals surface area contributed by atoms with Crippen LogP contribution in [0.15, 0.2) is 28.2 Å². The van der Waals surface area contributed by atoms with Crippen molar-refractivity contribution < 1.29 is 4.79 Å². The minimum atomic E-state index is -0.100. The molecule has 3 rings (SSSR count). The SMILES string of the molecule is CCc1cccc(C)c1NC(=O)CSc1nc2sc(C)c(C)c2c(=O)n1C. The molecule has 0 fully saturated rings. The molecular formula is C20H23N3O2S2. The number of carbonyl (C=O) groups excluding carboxylic acids is 1. The Morgan fingerprint density at radius 1 is 1.30 bits per heavy atom. The van der Waals surface area contributed by atoms with Crippen LogP contribution in [0.1, 0.15) is 28.5 Å². The number of aryl methyl sites for hydroxylation is 4. The van der Waals surface area contributed by atoms with Crippen LogP contribution >= 0.6 is 23.1 Å². The summed E-state index contributed by atoms with van der Waals surface area (Å²) in [7, 11) is 1.71. The molecule has 5 nitrogen and oxygen atoms in total. The predicted molar refractivity (Wildman–Crippen MR) is 114 cm³/mol. The van der Waals surface area contributed by atoms with E-state index in [-0.39, 0.29) is 17.2 Å². The molecule has 7 heteroatoms. The number of thiophene rings is 1. The van der Waals surface area contributed by atoms with Crippen molar-refractivity contribution in [2.24, 2.45) is 7.05 Å². The Morgan fingerprint density at radius 3 is 2.74 bits per heavy atom. The number of aromatic nitrogens is 2. The second-order valence-electron chi connectivity index (χ2n) is 6.52. The third-order valence-corrected chi connectivity index (χ3v) is 6.84. The van der Waals surface area contributed by atoms with Crippen molar-refractivity contribution in [1.29, 1.82) is 0 Å². The molecule has 27 heavy (non-hydrogen) atoms. The van der Waals surface area contributed by atoms with E-state index in [9.17, 15) is 9.59 Å². The Kier molecular flexibility index (Phi) is 5.72. The second-order valence-corrected chi connectivity index (χ2v) is 8.67. The van der Waals surface area contributed by atoms with Gasteiger partial charge < -0.3 is 5.32 Å². The highest BCUT2D eigenvalue weighted by atomic mass is 32.2. The maximum absolute atomic E-state index is 12.7. The number of hydrogen-bond acceptors (Lipinski definition) is 5. The summed E-state index contributed by atoms with van der Waals surface area (Å²) in [6, 6.07) is 6.01. The number of benzene rings is 1. The topological polar surface area (TPSA) is 64.0 Å². The van der Waals surface area contributed by atoms with E-state index in [1.54, 1.807) is 7.05 Å². The zero-order chi connectivity index (χ0) is 19.7. The fraction of sp³-hybridized carbons (Fsp3) is 0.350. The van der Waals surface area contributed by atoms with E-state index in [0.29, 0.717) is 10.5 Å². The molecule has 0 aliphatic carbocycles. The zero-order valence-electron chi connectivity index (χ0n) is 16.2. The number of rotatable bonds is 5. The van der Waals surface area contributed by atoms with Gasteiger partial charge in [-0.05, 0) is 43.9 Å². The third kappa shape index (κ3) is 3.80. The Hall–Kier alpha value is -2.12. The first-order valence-corrected chi connectivity index (χ1v) is 10.6. The van der Waals surface area contributed by atoms with Crippen LogP contribution in [0.25, 0.3) is 10.2 Å². The van der Waals surface area contributed by atoms with Crippen molar-refractivity contribution in [3.05, 3.63) is 50.1 Å². The highest BCUT2D eigenvalue weighted by Gasteiger charge is 2.16. The van der Waals surface area contributed by atoms with Gasteiger partial charge in [0.15, 0.2) is 5.16 Å². The smallest absolute Gasteiger partial charge is 0.262 e. The van der Waals surface area contributed by atoms with E-state index in [2.05, 4.69) is 17.2 Å². The quantitative estimate of drug-likeness (QED) is 0.514. The summed E-state index contributed by atoms with van der Waals surface area (Å²) >= 11 is 2.81. The van der Waals surface area contributed by atoms with Crippen molar-refractivity contribution in [2.45, 2.75) is 39.3 Å². The monoisotopic (exact) mass is 401 g/mol. The van der Waals surface area contributed by atoms with Crippen LogP contribution in [0, 0.1) is 20.8 Å². The largest absolute Gasteiger partial charge is 0.325 e. The van der Waals surface area contributed by atoms with Crippen LogP contribution in [0.4, 0.5) is 5.69 Å². The van der Waals surface area contributed by atoms with Gasteiger partial charge in [0.05, 0.1) is 11.1 Å². The fourth-order valence-corrected chi connectivity index (χ4v) is 4.84. The maximum atomic E-state index is 12.7. The highest BCUT2D eigenvalue weighted by molar-refractivity contribution is 7.99. The standard InChI is InChI=1S/C20H23N3O2S2/c1-6-14-9-7-8-11(2)17(14)21-15(24)10-26-20-22-18-16(19(25)23(20)5)12(3)13(4)27-18/h7-9H,6,10H2,1-5H3,(H,21,24). The molecule has 0 atom stereocenters. The summed E-state index contributed by atoms with van der Waals surface area (Å²) in [5, 5.41) is 4.25. The van der Waals surface area contributed by atoms with Gasteiger partial charge in [-0.2, -0.15) is 0 Å². The Balaban J connectivity index is 1.80. The molecule has 142 valence electrons. The molecule has 0 spiro atoms. The molecular weight excluding hydrogens is 378 g/mol. The van der Waals surface area contributed by atoms with Crippen LogP contribution < -0.4 is 10.9 Å². The molecule has 0 aliphatic heterocycles. The van der Waals surface area contributed by atoms with E-state index in [4.69, 9.17) is 0 Å². The number of nitrogens with zero attached hydrogens (tertiary/aromatic N) is 2. The third-order valence-electron chi connectivity index (χ3n) is 4.71. The average Bonchev–Trinajstić information content (AvgIpc) is 2.92. The van der Waals surface area contributed by atoms with Gasteiger partial charge in [0.1, 0.15) is 4.83 Å². The zero-order valence-corrected chi connectivity index (χ0v) is 17.8. The van der Waals surface area contributed by atoms with Crippen LogP contribution in [-0.2, 0) is 18.3 Å². The van der Waals surface area contributed by atoms with Gasteiger partial charge in [-0.3, -0.25) is 14.2 Å². The lowest BCUT2D eigenvalue weighted by atomic mass is 10.1. The fourth-order valence-electron chi connectivity index (χ4n) is 2.99. The molecule has 0 aliphatic rings. The van der Waals surface area contributed by atoms with Gasteiger partial charge in [-0.15, -0.1) is 11.3 Å². The summed E-state index contributed by atoms with van der Waals surface area (Å²) in [5.74, 6) is 0.101. The Labute approximate surface area is 166 Å². The number of amides is 1. The van der Waals surface area contributed by atoms with E-state index < -0.39 is 0 Å². The van der Waals surface area contributed by atoms with Crippen molar-refractivity contribution in [2.75, 3.05) is 11.1 Å². The minimum absolute atomic E-state index is 0.0584. The lowest BCUT2D eigenvalue weighted by Gasteiger charge is -2.13. The molecule has 1 N–H and O–H groups in total. The van der Waals surface area contributed by atoms with E-state index >= 15 is 0 Å². The second kappa shape index (κ2) is 7.86. The first-order valence-electron chi connectivity index (χ1n) is 8.81.